The fraction of sp³-hybridized carbons (Fsp3) is 0.333. The van der Waals surface area contributed by atoms with Gasteiger partial charge in [-0.25, -0.2) is 9.37 Å². The number of aryl methyl sites for hydroxylation is 3. The third-order valence-corrected chi connectivity index (χ3v) is 6.27. The number of nitrogens with one attached hydrogen (secondary N) is 3. The molecule has 2 aromatic heterocycles. The van der Waals surface area contributed by atoms with Crippen molar-refractivity contribution in [3.8, 4) is 0 Å². The van der Waals surface area contributed by atoms with Crippen LogP contribution in [0.3, 0.4) is 0 Å². The summed E-state index contributed by atoms with van der Waals surface area (Å²) in [6, 6.07) is 5.57. The molecular formula is C21H21FN4O3S. The summed E-state index contributed by atoms with van der Waals surface area (Å²) in [5.74, 6) is -0.721. The lowest BCUT2D eigenvalue weighted by molar-refractivity contribution is -0.128. The van der Waals surface area contributed by atoms with E-state index in [1.807, 2.05) is 0 Å². The fourth-order valence-corrected chi connectivity index (χ4v) is 4.87. The molecule has 2 amide bonds. The number of H-pyrrole nitrogens is 1. The predicted octanol–water partition coefficient (Wildman–Crippen LogP) is 2.33. The maximum absolute atomic E-state index is 12.9. The third-order valence-electron chi connectivity index (χ3n) is 5.08. The van der Waals surface area contributed by atoms with Crippen molar-refractivity contribution in [2.75, 3.05) is 0 Å². The van der Waals surface area contributed by atoms with Crippen molar-refractivity contribution < 1.29 is 14.0 Å². The smallest absolute Gasteiger partial charge is 0.259 e. The van der Waals surface area contributed by atoms with E-state index < -0.39 is 11.8 Å². The number of nitrogens with zero attached hydrogens (tertiary/aromatic N) is 1. The molecule has 0 saturated heterocycles. The molecule has 3 N–H and O–H groups in total. The Bertz CT molecular complexity index is 1150. The van der Waals surface area contributed by atoms with Crippen molar-refractivity contribution in [2.45, 2.75) is 44.9 Å². The van der Waals surface area contributed by atoms with E-state index in [-0.39, 0.29) is 30.6 Å². The van der Waals surface area contributed by atoms with Gasteiger partial charge in [0.2, 0.25) is 11.8 Å². The van der Waals surface area contributed by atoms with Crippen LogP contribution in [-0.2, 0) is 35.3 Å². The van der Waals surface area contributed by atoms with E-state index in [0.717, 1.165) is 36.1 Å². The van der Waals surface area contributed by atoms with Crippen LogP contribution in [-0.4, -0.2) is 21.8 Å². The number of halogens is 1. The number of rotatable bonds is 5. The van der Waals surface area contributed by atoms with Crippen LogP contribution >= 0.6 is 11.3 Å². The van der Waals surface area contributed by atoms with Crippen molar-refractivity contribution in [1.29, 1.82) is 0 Å². The number of fused-ring (bicyclic) bond motifs is 3. The molecule has 2 heterocycles. The molecule has 4 rings (SSSR count). The molecule has 7 nitrogen and oxygen atoms in total. The highest BCUT2D eigenvalue weighted by Crippen LogP contribution is 2.33. The zero-order valence-electron chi connectivity index (χ0n) is 16.2. The van der Waals surface area contributed by atoms with E-state index in [2.05, 4.69) is 20.8 Å². The number of benzene rings is 1. The van der Waals surface area contributed by atoms with Crippen LogP contribution in [0.25, 0.3) is 10.2 Å². The average Bonchev–Trinajstić information content (AvgIpc) is 3.11. The van der Waals surface area contributed by atoms with Gasteiger partial charge in [0.15, 0.2) is 0 Å². The Morgan fingerprint density at radius 3 is 2.63 bits per heavy atom. The Hall–Kier alpha value is -3.07. The molecule has 0 unspecified atom stereocenters. The zero-order chi connectivity index (χ0) is 21.1. The number of aromatic nitrogens is 2. The Morgan fingerprint density at radius 2 is 1.83 bits per heavy atom. The molecule has 0 fully saturated rings. The minimum absolute atomic E-state index is 0.0230. The molecule has 0 radical (unpaired) electrons. The minimum atomic E-state index is -0.410. The van der Waals surface area contributed by atoms with Crippen LogP contribution in [0.5, 0.6) is 0 Å². The quantitative estimate of drug-likeness (QED) is 0.543. The van der Waals surface area contributed by atoms with E-state index >= 15 is 0 Å². The molecule has 156 valence electrons. The van der Waals surface area contributed by atoms with Crippen LogP contribution in [0, 0.1) is 5.82 Å². The van der Waals surface area contributed by atoms with E-state index in [9.17, 15) is 18.8 Å². The second-order valence-corrected chi connectivity index (χ2v) is 8.39. The Kier molecular flexibility index (Phi) is 5.89. The lowest BCUT2D eigenvalue weighted by Crippen LogP contribution is -2.42. The van der Waals surface area contributed by atoms with E-state index in [1.54, 1.807) is 11.3 Å². The zero-order valence-corrected chi connectivity index (χ0v) is 17.0. The Labute approximate surface area is 175 Å². The second-order valence-electron chi connectivity index (χ2n) is 7.30. The van der Waals surface area contributed by atoms with Crippen LogP contribution in [0.1, 0.15) is 41.1 Å². The first kappa shape index (κ1) is 20.2. The number of carbonyl (C=O) groups is 2. The van der Waals surface area contributed by atoms with Crippen LogP contribution in [0.4, 0.5) is 4.39 Å². The van der Waals surface area contributed by atoms with E-state index in [4.69, 9.17) is 0 Å². The van der Waals surface area contributed by atoms with Crippen LogP contribution in [0.2, 0.25) is 0 Å². The SMILES string of the molecule is O=C(CCc1nc2sc3c(c2c(=O)[nH]1)CCCC3)NNC(=O)Cc1ccc(F)cc1. The van der Waals surface area contributed by atoms with Gasteiger partial charge in [-0.05, 0) is 48.9 Å². The number of thiophene rings is 1. The van der Waals surface area contributed by atoms with Gasteiger partial charge in [0.05, 0.1) is 11.8 Å². The van der Waals surface area contributed by atoms with Crippen LogP contribution in [0.15, 0.2) is 29.1 Å². The lowest BCUT2D eigenvalue weighted by Gasteiger charge is -2.09. The maximum atomic E-state index is 12.9. The van der Waals surface area contributed by atoms with Crippen molar-refractivity contribution in [3.63, 3.8) is 0 Å². The van der Waals surface area contributed by atoms with E-state index in [0.29, 0.717) is 16.8 Å². The molecule has 0 saturated carbocycles. The molecule has 0 bridgehead atoms. The van der Waals surface area contributed by atoms with Gasteiger partial charge in [0.25, 0.3) is 5.56 Å². The fourth-order valence-electron chi connectivity index (χ4n) is 3.59. The largest absolute Gasteiger partial charge is 0.310 e. The average molecular weight is 428 g/mol. The van der Waals surface area contributed by atoms with Gasteiger partial charge in [-0.15, -0.1) is 11.3 Å². The number of carbonyl (C=O) groups excluding carboxylic acids is 2. The summed E-state index contributed by atoms with van der Waals surface area (Å²) in [6.45, 7) is 0. The molecular weight excluding hydrogens is 407 g/mol. The van der Waals surface area contributed by atoms with Gasteiger partial charge in [-0.1, -0.05) is 12.1 Å². The molecule has 1 aliphatic carbocycles. The summed E-state index contributed by atoms with van der Waals surface area (Å²) < 4.78 is 12.9. The molecule has 0 spiro atoms. The van der Waals surface area contributed by atoms with Crippen molar-refractivity contribution in [3.05, 3.63) is 62.3 Å². The molecule has 0 aliphatic heterocycles. The first-order chi connectivity index (χ1) is 14.5. The van der Waals surface area contributed by atoms with Crippen molar-refractivity contribution in [1.82, 2.24) is 20.8 Å². The lowest BCUT2D eigenvalue weighted by atomic mass is 9.97. The summed E-state index contributed by atoms with van der Waals surface area (Å²) in [7, 11) is 0. The molecule has 3 aromatic rings. The predicted molar refractivity (Wildman–Crippen MR) is 112 cm³/mol. The number of hydrogen-bond donors (Lipinski definition) is 3. The monoisotopic (exact) mass is 428 g/mol. The number of amides is 2. The van der Waals surface area contributed by atoms with Gasteiger partial charge in [-0.2, -0.15) is 0 Å². The van der Waals surface area contributed by atoms with Gasteiger partial charge >= 0.3 is 0 Å². The normalized spacial score (nSPS) is 13.1. The summed E-state index contributed by atoms with van der Waals surface area (Å²) in [5, 5.41) is 0.691. The van der Waals surface area contributed by atoms with Crippen molar-refractivity contribution in [2.24, 2.45) is 0 Å². The summed E-state index contributed by atoms with van der Waals surface area (Å²) in [5.41, 5.74) is 6.29. The molecule has 9 heteroatoms. The number of hydrazine groups is 1. The molecule has 1 aromatic carbocycles. The molecule has 30 heavy (non-hydrogen) atoms. The van der Waals surface area contributed by atoms with Crippen molar-refractivity contribution >= 4 is 33.4 Å². The minimum Gasteiger partial charge on any atom is -0.310 e. The first-order valence-electron chi connectivity index (χ1n) is 9.85. The molecule has 0 atom stereocenters. The number of aromatic amines is 1. The van der Waals surface area contributed by atoms with E-state index in [1.165, 1.54) is 29.1 Å². The van der Waals surface area contributed by atoms with Gasteiger partial charge in [0, 0.05) is 17.7 Å². The van der Waals surface area contributed by atoms with Gasteiger partial charge < -0.3 is 4.98 Å². The number of hydrogen-bond acceptors (Lipinski definition) is 5. The maximum Gasteiger partial charge on any atom is 0.259 e. The Balaban J connectivity index is 1.31. The highest BCUT2D eigenvalue weighted by Gasteiger charge is 2.20. The van der Waals surface area contributed by atoms with Gasteiger partial charge in [0.1, 0.15) is 16.5 Å². The third kappa shape index (κ3) is 4.56. The Morgan fingerprint density at radius 1 is 1.10 bits per heavy atom. The first-order valence-corrected chi connectivity index (χ1v) is 10.7. The highest BCUT2D eigenvalue weighted by molar-refractivity contribution is 7.18. The van der Waals surface area contributed by atoms with Crippen LogP contribution < -0.4 is 16.4 Å². The topological polar surface area (TPSA) is 104 Å². The highest BCUT2D eigenvalue weighted by atomic mass is 32.1. The van der Waals surface area contributed by atoms with Gasteiger partial charge in [-0.3, -0.25) is 25.2 Å². The molecule has 1 aliphatic rings. The summed E-state index contributed by atoms with van der Waals surface area (Å²) in [6.07, 6.45) is 4.48. The standard InChI is InChI=1S/C21H21FN4O3S/c22-13-7-5-12(6-8-13)11-18(28)26-25-17(27)10-9-16-23-20(29)19-14-3-1-2-4-15(14)30-21(19)24-16/h5-8H,1-4,9-11H2,(H,25,27)(H,26,28)(H,23,24,29). The summed E-state index contributed by atoms with van der Waals surface area (Å²) >= 11 is 1.57. The second kappa shape index (κ2) is 8.74. The summed E-state index contributed by atoms with van der Waals surface area (Å²) in [4.78, 5) is 45.7.